The number of β-amino-alcohol motifs (C(OH)–C–C–N with tert-alkyl or cyclic N) is 1. The van der Waals surface area contributed by atoms with Gasteiger partial charge in [0.15, 0.2) is 0 Å². The summed E-state index contributed by atoms with van der Waals surface area (Å²) in [6.45, 7) is 3.53. The van der Waals surface area contributed by atoms with Gasteiger partial charge >= 0.3 is 0 Å². The highest BCUT2D eigenvalue weighted by molar-refractivity contribution is 5.97. The Morgan fingerprint density at radius 3 is 2.84 bits per heavy atom. The monoisotopic (exact) mass is 264 g/mol. The van der Waals surface area contributed by atoms with Crippen molar-refractivity contribution in [1.29, 1.82) is 0 Å². The second-order valence-electron chi connectivity index (χ2n) is 4.64. The Labute approximate surface area is 113 Å². The quantitative estimate of drug-likeness (QED) is 0.831. The summed E-state index contributed by atoms with van der Waals surface area (Å²) in [6, 6.07) is 7.00. The summed E-state index contributed by atoms with van der Waals surface area (Å²) in [5.41, 5.74) is 0.533. The summed E-state index contributed by atoms with van der Waals surface area (Å²) in [7, 11) is 1.71. The van der Waals surface area contributed by atoms with Crippen LogP contribution in [0.1, 0.15) is 17.3 Å². The molecule has 104 valence electrons. The average molecular weight is 264 g/mol. The highest BCUT2D eigenvalue weighted by Gasteiger charge is 2.32. The first-order valence-electron chi connectivity index (χ1n) is 6.53. The zero-order valence-electron chi connectivity index (χ0n) is 11.3. The van der Waals surface area contributed by atoms with Gasteiger partial charge in [-0.3, -0.25) is 4.79 Å². The van der Waals surface area contributed by atoms with Crippen LogP contribution in [0, 0.1) is 0 Å². The Morgan fingerprint density at radius 1 is 1.47 bits per heavy atom. The van der Waals surface area contributed by atoms with E-state index < -0.39 is 6.10 Å². The van der Waals surface area contributed by atoms with Crippen LogP contribution in [0.2, 0.25) is 0 Å². The number of amides is 1. The number of hydrogen-bond donors (Lipinski definition) is 2. The van der Waals surface area contributed by atoms with Crippen molar-refractivity contribution in [2.75, 3.05) is 26.7 Å². The molecule has 0 aromatic heterocycles. The number of nitrogens with zero attached hydrogens (tertiary/aromatic N) is 1. The lowest BCUT2D eigenvalue weighted by atomic mass is 10.1. The third-order valence-corrected chi connectivity index (χ3v) is 3.39. The van der Waals surface area contributed by atoms with E-state index in [2.05, 4.69) is 5.32 Å². The fraction of sp³-hybridized carbons (Fsp3) is 0.500. The number of aliphatic hydroxyl groups excluding tert-OH is 1. The molecule has 1 aromatic rings. The normalized spacial score (nSPS) is 22.3. The number of aliphatic hydroxyl groups is 1. The predicted octanol–water partition coefficient (Wildman–Crippen LogP) is 0.490. The van der Waals surface area contributed by atoms with Crippen molar-refractivity contribution in [3.63, 3.8) is 0 Å². The van der Waals surface area contributed by atoms with Crippen LogP contribution in [0.4, 0.5) is 0 Å². The molecule has 0 radical (unpaired) electrons. The van der Waals surface area contributed by atoms with Crippen LogP contribution in [0.3, 0.4) is 0 Å². The van der Waals surface area contributed by atoms with Crippen molar-refractivity contribution < 1.29 is 14.6 Å². The molecule has 2 atom stereocenters. The van der Waals surface area contributed by atoms with Gasteiger partial charge < -0.3 is 20.1 Å². The maximum Gasteiger partial charge on any atom is 0.257 e. The van der Waals surface area contributed by atoms with Gasteiger partial charge in [0, 0.05) is 20.1 Å². The highest BCUT2D eigenvalue weighted by atomic mass is 16.5. The molecule has 1 aliphatic rings. The maximum atomic E-state index is 12.5. The predicted molar refractivity (Wildman–Crippen MR) is 72.4 cm³/mol. The van der Waals surface area contributed by atoms with E-state index >= 15 is 0 Å². The number of hydrogen-bond acceptors (Lipinski definition) is 4. The molecule has 5 nitrogen and oxygen atoms in total. The van der Waals surface area contributed by atoms with E-state index in [4.69, 9.17) is 4.74 Å². The lowest BCUT2D eigenvalue weighted by Gasteiger charge is -2.27. The molecule has 1 saturated heterocycles. The third-order valence-electron chi connectivity index (χ3n) is 3.39. The first-order chi connectivity index (χ1) is 9.15. The largest absolute Gasteiger partial charge is 0.493 e. The summed E-state index contributed by atoms with van der Waals surface area (Å²) in [4.78, 5) is 14.1. The lowest BCUT2D eigenvalue weighted by molar-refractivity contribution is 0.0577. The van der Waals surface area contributed by atoms with Crippen molar-refractivity contribution in [3.05, 3.63) is 29.8 Å². The lowest BCUT2D eigenvalue weighted by Crippen LogP contribution is -2.44. The van der Waals surface area contributed by atoms with Crippen LogP contribution in [0.25, 0.3) is 0 Å². The number of carbonyl (C=O) groups is 1. The minimum absolute atomic E-state index is 0.128. The zero-order chi connectivity index (χ0) is 13.8. The number of benzene rings is 1. The van der Waals surface area contributed by atoms with Crippen LogP contribution in [0.15, 0.2) is 24.3 Å². The smallest absolute Gasteiger partial charge is 0.257 e. The molecule has 1 heterocycles. The Balaban J connectivity index is 2.19. The molecule has 1 aliphatic heterocycles. The fourth-order valence-electron chi connectivity index (χ4n) is 2.31. The molecule has 0 aliphatic carbocycles. The first kappa shape index (κ1) is 13.8. The summed E-state index contributed by atoms with van der Waals surface area (Å²) in [5.74, 6) is 0.457. The molecule has 5 heteroatoms. The van der Waals surface area contributed by atoms with E-state index in [-0.39, 0.29) is 11.9 Å². The summed E-state index contributed by atoms with van der Waals surface area (Å²) >= 11 is 0. The van der Waals surface area contributed by atoms with Crippen molar-refractivity contribution in [3.8, 4) is 5.75 Å². The van der Waals surface area contributed by atoms with Gasteiger partial charge in [-0.2, -0.15) is 0 Å². The number of likely N-dealkylation sites (N-methyl/N-ethyl adjacent to an activating group) is 1. The number of carbonyl (C=O) groups excluding carboxylic acids is 1. The minimum atomic E-state index is -0.520. The SMILES string of the molecule is CCOc1ccccc1C(=O)N(C)[C@H]1CNC[C@@H]1O. The van der Waals surface area contributed by atoms with E-state index in [0.29, 0.717) is 31.0 Å². The van der Waals surface area contributed by atoms with Gasteiger partial charge in [-0.25, -0.2) is 0 Å². The molecule has 1 amide bonds. The van der Waals surface area contributed by atoms with Gasteiger partial charge in [0.1, 0.15) is 5.75 Å². The van der Waals surface area contributed by atoms with Crippen LogP contribution in [-0.4, -0.2) is 54.8 Å². The molecule has 19 heavy (non-hydrogen) atoms. The van der Waals surface area contributed by atoms with Crippen molar-refractivity contribution in [2.24, 2.45) is 0 Å². The van der Waals surface area contributed by atoms with Crippen molar-refractivity contribution in [1.82, 2.24) is 10.2 Å². The standard InChI is InChI=1S/C14H20N2O3/c1-3-19-13-7-5-4-6-10(13)14(18)16(2)11-8-15-9-12(11)17/h4-7,11-12,15,17H,3,8-9H2,1-2H3/t11-,12-/m0/s1. The third kappa shape index (κ3) is 2.88. The zero-order valence-corrected chi connectivity index (χ0v) is 11.3. The van der Waals surface area contributed by atoms with Gasteiger partial charge in [0.05, 0.1) is 24.3 Å². The molecule has 2 N–H and O–H groups in total. The van der Waals surface area contributed by atoms with E-state index in [0.717, 1.165) is 0 Å². The maximum absolute atomic E-state index is 12.5. The average Bonchev–Trinajstić information content (AvgIpc) is 2.84. The van der Waals surface area contributed by atoms with Gasteiger partial charge in [-0.15, -0.1) is 0 Å². The molecule has 1 aromatic carbocycles. The summed E-state index contributed by atoms with van der Waals surface area (Å²) < 4.78 is 5.47. The highest BCUT2D eigenvalue weighted by Crippen LogP contribution is 2.21. The van der Waals surface area contributed by atoms with E-state index in [1.165, 1.54) is 0 Å². The van der Waals surface area contributed by atoms with Crippen LogP contribution < -0.4 is 10.1 Å². The Kier molecular flexibility index (Phi) is 4.39. The van der Waals surface area contributed by atoms with E-state index in [1.54, 1.807) is 24.1 Å². The van der Waals surface area contributed by atoms with Crippen LogP contribution in [-0.2, 0) is 0 Å². The van der Waals surface area contributed by atoms with Crippen molar-refractivity contribution >= 4 is 5.91 Å². The second-order valence-corrected chi connectivity index (χ2v) is 4.64. The van der Waals surface area contributed by atoms with Crippen LogP contribution >= 0.6 is 0 Å². The molecule has 1 fully saturated rings. The molecular weight excluding hydrogens is 244 g/mol. The molecule has 0 saturated carbocycles. The fourth-order valence-corrected chi connectivity index (χ4v) is 2.31. The Hall–Kier alpha value is -1.59. The van der Waals surface area contributed by atoms with Crippen LogP contribution in [0.5, 0.6) is 5.75 Å². The topological polar surface area (TPSA) is 61.8 Å². The van der Waals surface area contributed by atoms with Gasteiger partial charge in [-0.05, 0) is 19.1 Å². The van der Waals surface area contributed by atoms with Gasteiger partial charge in [-0.1, -0.05) is 12.1 Å². The van der Waals surface area contributed by atoms with E-state index in [1.807, 2.05) is 19.1 Å². The minimum Gasteiger partial charge on any atom is -0.493 e. The first-order valence-corrected chi connectivity index (χ1v) is 6.53. The Bertz CT molecular complexity index is 450. The molecule has 0 unspecified atom stereocenters. The number of nitrogens with one attached hydrogen (secondary N) is 1. The van der Waals surface area contributed by atoms with Gasteiger partial charge in [0.2, 0.25) is 0 Å². The second kappa shape index (κ2) is 6.04. The number of rotatable bonds is 4. The summed E-state index contributed by atoms with van der Waals surface area (Å²) in [5, 5.41) is 12.9. The number of para-hydroxylation sites is 1. The molecular formula is C14H20N2O3. The molecule has 0 spiro atoms. The molecule has 2 rings (SSSR count). The van der Waals surface area contributed by atoms with Crippen molar-refractivity contribution in [2.45, 2.75) is 19.1 Å². The Morgan fingerprint density at radius 2 is 2.21 bits per heavy atom. The number of ether oxygens (including phenoxy) is 1. The molecule has 0 bridgehead atoms. The summed E-state index contributed by atoms with van der Waals surface area (Å²) in [6.07, 6.45) is -0.520. The van der Waals surface area contributed by atoms with Gasteiger partial charge in [0.25, 0.3) is 5.91 Å². The van der Waals surface area contributed by atoms with E-state index in [9.17, 15) is 9.90 Å².